The molecule has 1 aliphatic rings. The van der Waals surface area contributed by atoms with E-state index in [1.807, 2.05) is 23.1 Å². The maximum Gasteiger partial charge on any atom is 0.270 e. The fraction of sp³-hybridized carbons (Fsp3) is 0.400. The largest absolute Gasteiger partial charge is 0.493 e. The molecule has 0 radical (unpaired) electrons. The molecule has 1 aromatic heterocycles. The summed E-state index contributed by atoms with van der Waals surface area (Å²) < 4.78 is 10.7. The van der Waals surface area contributed by atoms with E-state index in [1.54, 1.807) is 14.2 Å². The average molecular weight is 290 g/mol. The van der Waals surface area contributed by atoms with E-state index in [-0.39, 0.29) is 5.91 Å². The van der Waals surface area contributed by atoms with Crippen LogP contribution in [0.5, 0.6) is 11.5 Å². The molecule has 1 fully saturated rings. The number of nitrogens with one attached hydrogen (secondary N) is 1. The van der Waals surface area contributed by atoms with Crippen molar-refractivity contribution in [3.05, 3.63) is 23.9 Å². The molecule has 1 amide bonds. The van der Waals surface area contributed by atoms with E-state index in [0.717, 1.165) is 37.1 Å². The third-order valence-corrected chi connectivity index (χ3v) is 3.87. The highest BCUT2D eigenvalue weighted by Gasteiger charge is 2.22. The van der Waals surface area contributed by atoms with Crippen molar-refractivity contribution < 1.29 is 19.6 Å². The Morgan fingerprint density at radius 3 is 2.67 bits per heavy atom. The molecule has 1 aliphatic heterocycles. The number of hydrogen-bond acceptors (Lipinski definition) is 3. The summed E-state index contributed by atoms with van der Waals surface area (Å²) in [6.45, 7) is 3.50. The zero-order valence-electron chi connectivity index (χ0n) is 12.3. The lowest BCUT2D eigenvalue weighted by atomic mass is 10.2. The molecule has 112 valence electrons. The smallest absolute Gasteiger partial charge is 0.270 e. The molecule has 6 nitrogen and oxygen atoms in total. The molecule has 2 heterocycles. The Bertz CT molecular complexity index is 659. The number of hydrogen-bond donors (Lipinski definition) is 2. The third-order valence-electron chi connectivity index (χ3n) is 3.87. The standard InChI is InChI=1S/C15H19N3O3/c1-20-13-4-3-11-10(14(13)21-2)9-12(17-11)15(19)18-7-5-16-6-8-18/h3-4,9,16-17H,5-8H2,1-2H3/p+1. The fourth-order valence-corrected chi connectivity index (χ4v) is 2.77. The molecule has 1 saturated heterocycles. The Balaban J connectivity index is 1.98. The van der Waals surface area contributed by atoms with Gasteiger partial charge in [0.05, 0.1) is 45.9 Å². The number of ether oxygens (including phenoxy) is 2. The first-order valence-electron chi connectivity index (χ1n) is 7.09. The molecule has 3 rings (SSSR count). The summed E-state index contributed by atoms with van der Waals surface area (Å²) in [5.41, 5.74) is 1.47. The van der Waals surface area contributed by atoms with Crippen molar-refractivity contribution in [1.29, 1.82) is 0 Å². The van der Waals surface area contributed by atoms with Crippen LogP contribution < -0.4 is 14.8 Å². The lowest BCUT2D eigenvalue weighted by Crippen LogP contribution is -2.89. The highest BCUT2D eigenvalue weighted by atomic mass is 16.5. The number of rotatable bonds is 3. The number of carbonyl (C=O) groups is 1. The maximum atomic E-state index is 12.5. The molecule has 0 bridgehead atoms. The monoisotopic (exact) mass is 290 g/mol. The van der Waals surface area contributed by atoms with Gasteiger partial charge in [0, 0.05) is 5.39 Å². The van der Waals surface area contributed by atoms with Gasteiger partial charge in [-0.25, -0.2) is 0 Å². The Morgan fingerprint density at radius 1 is 1.24 bits per heavy atom. The molecule has 0 saturated carbocycles. The molecular formula is C15H20N3O3+. The van der Waals surface area contributed by atoms with Crippen LogP contribution in [0.25, 0.3) is 10.9 Å². The summed E-state index contributed by atoms with van der Waals surface area (Å²) in [7, 11) is 3.21. The highest BCUT2D eigenvalue weighted by molar-refractivity contribution is 6.00. The van der Waals surface area contributed by atoms with Crippen LogP contribution in [0.4, 0.5) is 0 Å². The second-order valence-electron chi connectivity index (χ2n) is 5.10. The molecule has 3 N–H and O–H groups in total. The number of aromatic nitrogens is 1. The Hall–Kier alpha value is -2.21. The molecule has 0 aliphatic carbocycles. The van der Waals surface area contributed by atoms with Crippen LogP contribution in [0.2, 0.25) is 0 Å². The molecular weight excluding hydrogens is 270 g/mol. The predicted molar refractivity (Wildman–Crippen MR) is 79.0 cm³/mol. The van der Waals surface area contributed by atoms with Crippen molar-refractivity contribution in [3.63, 3.8) is 0 Å². The minimum Gasteiger partial charge on any atom is -0.493 e. The van der Waals surface area contributed by atoms with Crippen LogP contribution in [0.15, 0.2) is 18.2 Å². The summed E-state index contributed by atoms with van der Waals surface area (Å²) in [6.07, 6.45) is 0. The van der Waals surface area contributed by atoms with E-state index >= 15 is 0 Å². The molecule has 0 spiro atoms. The summed E-state index contributed by atoms with van der Waals surface area (Å²) in [5, 5.41) is 3.09. The number of fused-ring (bicyclic) bond motifs is 1. The Labute approximate surface area is 123 Å². The van der Waals surface area contributed by atoms with E-state index in [4.69, 9.17) is 9.47 Å². The second-order valence-corrected chi connectivity index (χ2v) is 5.10. The van der Waals surface area contributed by atoms with Crippen molar-refractivity contribution in [1.82, 2.24) is 9.88 Å². The lowest BCUT2D eigenvalue weighted by Gasteiger charge is -2.24. The first-order valence-corrected chi connectivity index (χ1v) is 7.09. The van der Waals surface area contributed by atoms with E-state index in [9.17, 15) is 4.79 Å². The van der Waals surface area contributed by atoms with Gasteiger partial charge < -0.3 is 24.7 Å². The SMILES string of the molecule is COc1ccc2[nH]c(C(=O)N3CC[NH2+]CC3)cc2c1OC. The number of aromatic amines is 1. The summed E-state index contributed by atoms with van der Waals surface area (Å²) >= 11 is 0. The fourth-order valence-electron chi connectivity index (χ4n) is 2.77. The first-order chi connectivity index (χ1) is 10.2. The van der Waals surface area contributed by atoms with Crippen molar-refractivity contribution in [2.75, 3.05) is 40.4 Å². The van der Waals surface area contributed by atoms with Gasteiger partial charge in [-0.1, -0.05) is 0 Å². The van der Waals surface area contributed by atoms with Crippen molar-refractivity contribution in [2.24, 2.45) is 0 Å². The Morgan fingerprint density at radius 2 is 2.00 bits per heavy atom. The van der Waals surface area contributed by atoms with Gasteiger partial charge in [0.25, 0.3) is 5.91 Å². The molecule has 1 aromatic carbocycles. The number of methoxy groups -OCH3 is 2. The quantitative estimate of drug-likeness (QED) is 0.848. The number of piperazine rings is 1. The number of carbonyl (C=O) groups excluding carboxylic acids is 1. The molecule has 0 unspecified atom stereocenters. The van der Waals surface area contributed by atoms with Gasteiger partial charge in [0.1, 0.15) is 5.69 Å². The van der Waals surface area contributed by atoms with Crippen LogP contribution in [-0.2, 0) is 0 Å². The first kappa shape index (κ1) is 13.8. The summed E-state index contributed by atoms with van der Waals surface area (Å²) in [4.78, 5) is 17.6. The number of benzene rings is 1. The minimum atomic E-state index is 0.0420. The van der Waals surface area contributed by atoms with Crippen LogP contribution in [-0.4, -0.2) is 56.2 Å². The summed E-state index contributed by atoms with van der Waals surface area (Å²) in [6, 6.07) is 5.58. The molecule has 0 atom stereocenters. The molecule has 6 heteroatoms. The summed E-state index contributed by atoms with van der Waals surface area (Å²) in [5.74, 6) is 1.35. The van der Waals surface area contributed by atoms with E-state index in [0.29, 0.717) is 17.2 Å². The van der Waals surface area contributed by atoms with Crippen molar-refractivity contribution in [2.45, 2.75) is 0 Å². The average Bonchev–Trinajstić information content (AvgIpc) is 2.97. The minimum absolute atomic E-state index is 0.0420. The van der Waals surface area contributed by atoms with Gasteiger partial charge in [-0.05, 0) is 18.2 Å². The Kier molecular flexibility index (Phi) is 3.70. The van der Waals surface area contributed by atoms with Gasteiger partial charge in [0.2, 0.25) is 0 Å². The van der Waals surface area contributed by atoms with Crippen molar-refractivity contribution in [3.8, 4) is 11.5 Å². The normalized spacial score (nSPS) is 15.2. The molecule has 2 aromatic rings. The van der Waals surface area contributed by atoms with Gasteiger partial charge >= 0.3 is 0 Å². The van der Waals surface area contributed by atoms with Gasteiger partial charge in [-0.3, -0.25) is 4.79 Å². The van der Waals surface area contributed by atoms with Crippen LogP contribution in [0.1, 0.15) is 10.5 Å². The van der Waals surface area contributed by atoms with E-state index in [2.05, 4.69) is 10.3 Å². The molecule has 21 heavy (non-hydrogen) atoms. The maximum absolute atomic E-state index is 12.5. The second kappa shape index (κ2) is 5.65. The zero-order valence-corrected chi connectivity index (χ0v) is 12.3. The number of nitrogens with two attached hydrogens (primary N) is 1. The zero-order chi connectivity index (χ0) is 14.8. The van der Waals surface area contributed by atoms with Crippen LogP contribution in [0.3, 0.4) is 0 Å². The number of nitrogens with zero attached hydrogens (tertiary/aromatic N) is 1. The number of amides is 1. The van der Waals surface area contributed by atoms with Gasteiger partial charge in [0.15, 0.2) is 11.5 Å². The van der Waals surface area contributed by atoms with Crippen LogP contribution in [0, 0.1) is 0 Å². The topological polar surface area (TPSA) is 71.2 Å². The number of quaternary nitrogens is 1. The predicted octanol–water partition coefficient (Wildman–Crippen LogP) is 0.204. The highest BCUT2D eigenvalue weighted by Crippen LogP contribution is 2.35. The van der Waals surface area contributed by atoms with E-state index < -0.39 is 0 Å². The van der Waals surface area contributed by atoms with E-state index in [1.165, 1.54) is 0 Å². The van der Waals surface area contributed by atoms with Gasteiger partial charge in [-0.2, -0.15) is 0 Å². The third kappa shape index (κ3) is 2.42. The van der Waals surface area contributed by atoms with Crippen molar-refractivity contribution >= 4 is 16.8 Å². The lowest BCUT2D eigenvalue weighted by molar-refractivity contribution is -0.661. The van der Waals surface area contributed by atoms with Crippen LogP contribution >= 0.6 is 0 Å². The van der Waals surface area contributed by atoms with Gasteiger partial charge in [-0.15, -0.1) is 0 Å². The number of H-pyrrole nitrogens is 1.